The maximum atomic E-state index is 11.9. The van der Waals surface area contributed by atoms with Crippen molar-refractivity contribution < 1.29 is 9.59 Å². The Hall–Kier alpha value is -1.10. The van der Waals surface area contributed by atoms with Gasteiger partial charge in [-0.1, -0.05) is 0 Å². The van der Waals surface area contributed by atoms with Crippen molar-refractivity contribution in [3.8, 4) is 0 Å². The van der Waals surface area contributed by atoms with Gasteiger partial charge in [-0.2, -0.15) is 0 Å². The van der Waals surface area contributed by atoms with Crippen LogP contribution in [0.3, 0.4) is 0 Å². The van der Waals surface area contributed by atoms with E-state index < -0.39 is 0 Å². The molecule has 0 aromatic heterocycles. The van der Waals surface area contributed by atoms with Gasteiger partial charge in [0.05, 0.1) is 6.54 Å². The van der Waals surface area contributed by atoms with Crippen molar-refractivity contribution >= 4 is 11.8 Å². The molecule has 1 atom stereocenters. The summed E-state index contributed by atoms with van der Waals surface area (Å²) in [6, 6.07) is -0.358. The summed E-state index contributed by atoms with van der Waals surface area (Å²) in [5.41, 5.74) is 0. The molecule has 2 aliphatic heterocycles. The fourth-order valence-electron chi connectivity index (χ4n) is 2.75. The van der Waals surface area contributed by atoms with E-state index in [0.717, 1.165) is 26.1 Å². The maximum Gasteiger partial charge on any atom is 0.245 e. The van der Waals surface area contributed by atoms with Crippen molar-refractivity contribution in [3.05, 3.63) is 0 Å². The second-order valence-corrected chi connectivity index (χ2v) is 5.58. The van der Waals surface area contributed by atoms with Crippen LogP contribution in [-0.4, -0.2) is 60.9 Å². The summed E-state index contributed by atoms with van der Waals surface area (Å²) >= 11 is 0. The first-order valence-electron chi connectivity index (χ1n) is 6.83. The highest BCUT2D eigenvalue weighted by atomic mass is 16.2. The number of nitrogens with zero attached hydrogens (tertiary/aromatic N) is 2. The molecule has 0 bridgehead atoms. The number of nitrogens with one attached hydrogen (secondary N) is 1. The van der Waals surface area contributed by atoms with Crippen LogP contribution in [0, 0.1) is 5.92 Å². The normalized spacial score (nSPS) is 27.4. The number of carbonyl (C=O) groups is 2. The zero-order valence-electron chi connectivity index (χ0n) is 11.3. The molecule has 0 aliphatic carbocycles. The first kappa shape index (κ1) is 13.3. The Morgan fingerprint density at radius 1 is 1.28 bits per heavy atom. The molecule has 0 saturated carbocycles. The van der Waals surface area contributed by atoms with E-state index in [2.05, 4.69) is 17.3 Å². The van der Waals surface area contributed by atoms with Gasteiger partial charge in [0.2, 0.25) is 11.8 Å². The van der Waals surface area contributed by atoms with E-state index in [9.17, 15) is 9.59 Å². The van der Waals surface area contributed by atoms with Gasteiger partial charge in [0.25, 0.3) is 0 Å². The summed E-state index contributed by atoms with van der Waals surface area (Å²) in [4.78, 5) is 27.4. The summed E-state index contributed by atoms with van der Waals surface area (Å²) in [7, 11) is 2.15. The predicted molar refractivity (Wildman–Crippen MR) is 69.0 cm³/mol. The molecule has 5 nitrogen and oxygen atoms in total. The molecule has 0 aromatic rings. The molecule has 18 heavy (non-hydrogen) atoms. The van der Waals surface area contributed by atoms with Crippen LogP contribution in [0.5, 0.6) is 0 Å². The topological polar surface area (TPSA) is 52.7 Å². The molecule has 2 fully saturated rings. The third-order valence-electron chi connectivity index (χ3n) is 4.04. The highest BCUT2D eigenvalue weighted by Crippen LogP contribution is 2.20. The lowest BCUT2D eigenvalue weighted by atomic mass is 9.93. The fraction of sp³-hybridized carbons (Fsp3) is 0.846. The molecule has 1 unspecified atom stereocenters. The molecule has 0 spiro atoms. The molecular formula is C13H23N3O2. The zero-order chi connectivity index (χ0) is 13.1. The third-order valence-corrected chi connectivity index (χ3v) is 4.04. The largest absolute Gasteiger partial charge is 0.343 e. The van der Waals surface area contributed by atoms with E-state index in [1.54, 1.807) is 11.8 Å². The standard InChI is InChI=1S/C13H23N3O2/c1-10-13(18)16(9-12(17)14-10)8-5-11-3-6-15(2)7-4-11/h10-11H,3-9H2,1-2H3,(H,14,17). The fourth-order valence-corrected chi connectivity index (χ4v) is 2.75. The lowest BCUT2D eigenvalue weighted by Gasteiger charge is -2.33. The van der Waals surface area contributed by atoms with Crippen LogP contribution in [0.4, 0.5) is 0 Å². The predicted octanol–water partition coefficient (Wildman–Crippen LogP) is 0.0652. The highest BCUT2D eigenvalue weighted by molar-refractivity contribution is 5.94. The second-order valence-electron chi connectivity index (χ2n) is 5.58. The second kappa shape index (κ2) is 5.69. The average Bonchev–Trinajstić information content (AvgIpc) is 2.34. The number of rotatable bonds is 3. The van der Waals surface area contributed by atoms with Crippen LogP contribution < -0.4 is 5.32 Å². The van der Waals surface area contributed by atoms with E-state index in [1.807, 2.05) is 0 Å². The Bertz CT molecular complexity index is 324. The van der Waals surface area contributed by atoms with Crippen molar-refractivity contribution in [1.82, 2.24) is 15.1 Å². The van der Waals surface area contributed by atoms with Gasteiger partial charge in [-0.05, 0) is 52.2 Å². The van der Waals surface area contributed by atoms with Gasteiger partial charge in [0.15, 0.2) is 0 Å². The number of carbonyl (C=O) groups excluding carboxylic acids is 2. The summed E-state index contributed by atoms with van der Waals surface area (Å²) in [5, 5.41) is 2.67. The Morgan fingerprint density at radius 3 is 2.61 bits per heavy atom. The summed E-state index contributed by atoms with van der Waals surface area (Å²) in [5.74, 6) is 0.724. The average molecular weight is 253 g/mol. The smallest absolute Gasteiger partial charge is 0.245 e. The van der Waals surface area contributed by atoms with Gasteiger partial charge < -0.3 is 15.1 Å². The van der Waals surface area contributed by atoms with Crippen molar-refractivity contribution in [1.29, 1.82) is 0 Å². The van der Waals surface area contributed by atoms with Gasteiger partial charge in [-0.15, -0.1) is 0 Å². The Labute approximate surface area is 108 Å². The number of piperazine rings is 1. The first-order chi connectivity index (χ1) is 8.56. The van der Waals surface area contributed by atoms with Crippen molar-refractivity contribution in [2.24, 2.45) is 5.92 Å². The van der Waals surface area contributed by atoms with Crippen LogP contribution in [-0.2, 0) is 9.59 Å². The lowest BCUT2D eigenvalue weighted by molar-refractivity contribution is -0.143. The SMILES string of the molecule is CC1NC(=O)CN(CCC2CCN(C)CC2)C1=O. The minimum Gasteiger partial charge on any atom is -0.343 e. The quantitative estimate of drug-likeness (QED) is 0.774. The third kappa shape index (κ3) is 3.22. The van der Waals surface area contributed by atoms with Gasteiger partial charge in [0.1, 0.15) is 6.04 Å². The van der Waals surface area contributed by atoms with Crippen molar-refractivity contribution in [2.75, 3.05) is 33.2 Å². The summed E-state index contributed by atoms with van der Waals surface area (Å²) < 4.78 is 0. The molecule has 2 saturated heterocycles. The Balaban J connectivity index is 1.78. The number of amides is 2. The van der Waals surface area contributed by atoms with Gasteiger partial charge in [-0.3, -0.25) is 9.59 Å². The molecule has 1 N–H and O–H groups in total. The highest BCUT2D eigenvalue weighted by Gasteiger charge is 2.29. The van der Waals surface area contributed by atoms with Crippen LogP contribution in [0.2, 0.25) is 0 Å². The van der Waals surface area contributed by atoms with E-state index >= 15 is 0 Å². The first-order valence-corrected chi connectivity index (χ1v) is 6.83. The maximum absolute atomic E-state index is 11.9. The lowest BCUT2D eigenvalue weighted by Crippen LogP contribution is -2.57. The zero-order valence-corrected chi connectivity index (χ0v) is 11.3. The van der Waals surface area contributed by atoms with Crippen LogP contribution in [0.1, 0.15) is 26.2 Å². The van der Waals surface area contributed by atoms with Gasteiger partial charge in [-0.25, -0.2) is 0 Å². The molecule has 5 heteroatoms. The molecular weight excluding hydrogens is 230 g/mol. The van der Waals surface area contributed by atoms with E-state index in [4.69, 9.17) is 0 Å². The number of hydrogen-bond donors (Lipinski definition) is 1. The van der Waals surface area contributed by atoms with Crippen LogP contribution >= 0.6 is 0 Å². The van der Waals surface area contributed by atoms with Crippen molar-refractivity contribution in [2.45, 2.75) is 32.2 Å². The van der Waals surface area contributed by atoms with Gasteiger partial charge >= 0.3 is 0 Å². The van der Waals surface area contributed by atoms with Gasteiger partial charge in [0, 0.05) is 6.54 Å². The van der Waals surface area contributed by atoms with Crippen LogP contribution in [0.25, 0.3) is 0 Å². The molecule has 0 radical (unpaired) electrons. The number of piperidine rings is 1. The molecule has 2 heterocycles. The van der Waals surface area contributed by atoms with Crippen molar-refractivity contribution in [3.63, 3.8) is 0 Å². The van der Waals surface area contributed by atoms with E-state index in [1.165, 1.54) is 12.8 Å². The molecule has 2 rings (SSSR count). The molecule has 102 valence electrons. The number of likely N-dealkylation sites (tertiary alicyclic amines) is 1. The molecule has 2 aliphatic rings. The molecule has 0 aromatic carbocycles. The minimum absolute atomic E-state index is 0.0366. The van der Waals surface area contributed by atoms with Crippen LogP contribution in [0.15, 0.2) is 0 Å². The van der Waals surface area contributed by atoms with E-state index in [-0.39, 0.29) is 24.4 Å². The Morgan fingerprint density at radius 2 is 1.94 bits per heavy atom. The molecule has 2 amide bonds. The summed E-state index contributed by atoms with van der Waals surface area (Å²) in [6.45, 7) is 5.01. The minimum atomic E-state index is -0.358. The van der Waals surface area contributed by atoms with E-state index in [0.29, 0.717) is 5.92 Å². The Kier molecular flexibility index (Phi) is 4.22. The summed E-state index contributed by atoms with van der Waals surface area (Å²) in [6.07, 6.45) is 3.44. The number of hydrogen-bond acceptors (Lipinski definition) is 3. The monoisotopic (exact) mass is 253 g/mol.